The Morgan fingerprint density at radius 3 is 2.09 bits per heavy atom. The third-order valence-corrected chi connectivity index (χ3v) is 7.06. The number of ether oxygens (including phenoxy) is 2. The van der Waals surface area contributed by atoms with Gasteiger partial charge in [-0.15, -0.1) is 0 Å². The second kappa shape index (κ2) is 11.7. The number of pyridine rings is 1. The summed E-state index contributed by atoms with van der Waals surface area (Å²) in [6.07, 6.45) is -4.55. The minimum Gasteiger partial charge on any atom is -0.497 e. The summed E-state index contributed by atoms with van der Waals surface area (Å²) in [5.41, 5.74) is -6.07. The number of aromatic nitrogens is 3. The van der Waals surface area contributed by atoms with Crippen molar-refractivity contribution < 1.29 is 53.4 Å². The van der Waals surface area contributed by atoms with Gasteiger partial charge >= 0.3 is 12.8 Å². The summed E-state index contributed by atoms with van der Waals surface area (Å²) in [6.45, 7) is -3.18. The van der Waals surface area contributed by atoms with E-state index in [2.05, 4.69) is 15.0 Å². The SMILES string of the molecule is COc1cc(F)c(-c2c(NC(=O)c3ccc(OC(F)F)cc3)c(=O)n(-c3nc(S(C)(=O)=O)ccc3C(F)(F)F)n2C)c(F)c1. The smallest absolute Gasteiger partial charge is 0.420 e. The Morgan fingerprint density at radius 1 is 1.00 bits per heavy atom. The molecule has 18 heteroatoms. The van der Waals surface area contributed by atoms with Crippen LogP contribution in [0.25, 0.3) is 17.1 Å². The van der Waals surface area contributed by atoms with Crippen LogP contribution in [-0.2, 0) is 23.1 Å². The summed E-state index contributed by atoms with van der Waals surface area (Å²) < 4.78 is 132. The van der Waals surface area contributed by atoms with E-state index >= 15 is 8.78 Å². The zero-order valence-corrected chi connectivity index (χ0v) is 23.4. The Bertz CT molecular complexity index is 1900. The average Bonchev–Trinajstić information content (AvgIpc) is 3.15. The molecule has 2 aromatic heterocycles. The highest BCUT2D eigenvalue weighted by molar-refractivity contribution is 7.90. The molecule has 2 heterocycles. The number of hydrogen-bond acceptors (Lipinski definition) is 7. The minimum atomic E-state index is -5.20. The maximum absolute atomic E-state index is 15.3. The van der Waals surface area contributed by atoms with Crippen molar-refractivity contribution in [2.75, 3.05) is 18.7 Å². The quantitative estimate of drug-likeness (QED) is 0.273. The summed E-state index contributed by atoms with van der Waals surface area (Å²) in [5, 5.41) is 1.23. The molecule has 4 aromatic rings. The topological polar surface area (TPSA) is 122 Å². The Kier molecular flexibility index (Phi) is 8.50. The van der Waals surface area contributed by atoms with Gasteiger partial charge in [0.15, 0.2) is 20.7 Å². The van der Waals surface area contributed by atoms with Crippen molar-refractivity contribution in [3.8, 4) is 28.6 Å². The van der Waals surface area contributed by atoms with Gasteiger partial charge in [0.2, 0.25) is 0 Å². The number of carbonyl (C=O) groups is 1. The lowest BCUT2D eigenvalue weighted by Crippen LogP contribution is -2.27. The van der Waals surface area contributed by atoms with Crippen LogP contribution in [-0.4, -0.2) is 48.6 Å². The Balaban J connectivity index is 2.02. The summed E-state index contributed by atoms with van der Waals surface area (Å²) in [7, 11) is -2.21. The van der Waals surface area contributed by atoms with Crippen LogP contribution in [0.2, 0.25) is 0 Å². The zero-order chi connectivity index (χ0) is 32.7. The fourth-order valence-electron chi connectivity index (χ4n) is 4.13. The van der Waals surface area contributed by atoms with Crippen LogP contribution < -0.4 is 20.3 Å². The third kappa shape index (κ3) is 6.24. The van der Waals surface area contributed by atoms with Gasteiger partial charge in [0.1, 0.15) is 40.1 Å². The summed E-state index contributed by atoms with van der Waals surface area (Å²) >= 11 is 0. The van der Waals surface area contributed by atoms with E-state index in [0.29, 0.717) is 35.2 Å². The highest BCUT2D eigenvalue weighted by atomic mass is 32.2. The lowest BCUT2D eigenvalue weighted by Gasteiger charge is -2.16. The molecule has 0 radical (unpaired) electrons. The molecule has 2 aromatic carbocycles. The predicted molar refractivity (Wildman–Crippen MR) is 140 cm³/mol. The number of rotatable bonds is 8. The van der Waals surface area contributed by atoms with Crippen LogP contribution in [0.1, 0.15) is 15.9 Å². The molecule has 1 N–H and O–H groups in total. The second-order valence-electron chi connectivity index (χ2n) is 8.98. The summed E-state index contributed by atoms with van der Waals surface area (Å²) in [5.74, 6) is -5.77. The van der Waals surface area contributed by atoms with Crippen molar-refractivity contribution in [1.29, 1.82) is 0 Å². The number of carbonyl (C=O) groups excluding carboxylic acids is 1. The number of nitrogens with one attached hydrogen (secondary N) is 1. The molecule has 0 saturated carbocycles. The average molecular weight is 649 g/mol. The molecular weight excluding hydrogens is 629 g/mol. The first kappa shape index (κ1) is 32.1. The normalized spacial score (nSPS) is 12.0. The van der Waals surface area contributed by atoms with E-state index in [-0.39, 0.29) is 21.7 Å². The molecule has 0 unspecified atom stereocenters. The van der Waals surface area contributed by atoms with Gasteiger partial charge in [-0.05, 0) is 36.4 Å². The van der Waals surface area contributed by atoms with E-state index in [4.69, 9.17) is 4.74 Å². The Morgan fingerprint density at radius 2 is 1.59 bits per heavy atom. The van der Waals surface area contributed by atoms with E-state index in [9.17, 15) is 40.0 Å². The Hall–Kier alpha value is -4.87. The van der Waals surface area contributed by atoms with Gasteiger partial charge in [-0.25, -0.2) is 22.2 Å². The van der Waals surface area contributed by atoms with Crippen LogP contribution in [0.15, 0.2) is 58.4 Å². The molecule has 0 aliphatic rings. The first-order valence-corrected chi connectivity index (χ1v) is 13.8. The largest absolute Gasteiger partial charge is 0.497 e. The molecule has 0 bridgehead atoms. The third-order valence-electron chi connectivity index (χ3n) is 6.07. The molecule has 1 amide bonds. The highest BCUT2D eigenvalue weighted by Crippen LogP contribution is 2.37. The molecule has 44 heavy (non-hydrogen) atoms. The molecule has 0 spiro atoms. The van der Waals surface area contributed by atoms with E-state index in [1.807, 2.05) is 0 Å². The molecule has 0 atom stereocenters. The molecule has 0 aliphatic heterocycles. The zero-order valence-electron chi connectivity index (χ0n) is 22.5. The van der Waals surface area contributed by atoms with Gasteiger partial charge in [-0.2, -0.15) is 26.6 Å². The summed E-state index contributed by atoms with van der Waals surface area (Å²) in [4.78, 5) is 30.3. The van der Waals surface area contributed by atoms with Crippen LogP contribution in [0, 0.1) is 11.6 Å². The fourth-order valence-corrected chi connectivity index (χ4v) is 4.70. The van der Waals surface area contributed by atoms with E-state index < -0.39 is 79.1 Å². The number of amides is 1. The maximum atomic E-state index is 15.3. The molecule has 0 saturated heterocycles. The van der Waals surface area contributed by atoms with Crippen molar-refractivity contribution in [3.05, 3.63) is 81.6 Å². The lowest BCUT2D eigenvalue weighted by molar-refractivity contribution is -0.137. The first-order chi connectivity index (χ1) is 20.4. The first-order valence-electron chi connectivity index (χ1n) is 11.9. The van der Waals surface area contributed by atoms with Gasteiger partial charge in [0, 0.05) is 31.0 Å². The lowest BCUT2D eigenvalue weighted by atomic mass is 10.1. The van der Waals surface area contributed by atoms with Gasteiger partial charge in [-0.3, -0.25) is 14.3 Å². The molecule has 4 rings (SSSR count). The number of sulfone groups is 1. The number of hydrogen-bond donors (Lipinski definition) is 1. The van der Waals surface area contributed by atoms with Gasteiger partial charge in [-0.1, -0.05) is 0 Å². The van der Waals surface area contributed by atoms with Crippen molar-refractivity contribution in [3.63, 3.8) is 0 Å². The van der Waals surface area contributed by atoms with Crippen LogP contribution in [0.3, 0.4) is 0 Å². The van der Waals surface area contributed by atoms with E-state index in [1.165, 1.54) is 0 Å². The van der Waals surface area contributed by atoms with Crippen molar-refractivity contribution >= 4 is 21.4 Å². The van der Waals surface area contributed by atoms with Gasteiger partial charge in [0.25, 0.3) is 11.5 Å². The molecule has 0 aliphatic carbocycles. The number of methoxy groups -OCH3 is 1. The predicted octanol–water partition coefficient (Wildman–Crippen LogP) is 4.80. The number of nitrogens with zero attached hydrogens (tertiary/aromatic N) is 3. The summed E-state index contributed by atoms with van der Waals surface area (Å²) in [6, 6.07) is 6.28. The highest BCUT2D eigenvalue weighted by Gasteiger charge is 2.38. The van der Waals surface area contributed by atoms with Crippen molar-refractivity contribution in [2.45, 2.75) is 17.8 Å². The number of alkyl halides is 5. The van der Waals surface area contributed by atoms with Gasteiger partial charge in [0.05, 0.1) is 12.7 Å². The minimum absolute atomic E-state index is 0.186. The second-order valence-corrected chi connectivity index (χ2v) is 10.9. The molecule has 10 nitrogen and oxygen atoms in total. The molecule has 0 fully saturated rings. The Labute approximate surface area is 243 Å². The van der Waals surface area contributed by atoms with Crippen LogP contribution in [0.5, 0.6) is 11.5 Å². The van der Waals surface area contributed by atoms with Gasteiger partial charge < -0.3 is 14.8 Å². The van der Waals surface area contributed by atoms with Crippen LogP contribution >= 0.6 is 0 Å². The molecule has 234 valence electrons. The maximum Gasteiger partial charge on any atom is 0.420 e. The van der Waals surface area contributed by atoms with E-state index in [1.54, 1.807) is 0 Å². The number of anilines is 1. The standard InChI is InChI=1S/C26H19F7N4O6S/c1-36-21(19-16(27)10-14(42-2)11-17(19)28)20(35-23(38)12-4-6-13(7-5-12)43-25(29)30)24(39)37(36)22-15(26(31,32)33)8-9-18(34-22)44(3,40)41/h4-11,25H,1-3H3,(H,35,38). The van der Waals surface area contributed by atoms with Crippen LogP contribution in [0.4, 0.5) is 36.4 Å². The molecular formula is C26H19F7N4O6S. The van der Waals surface area contributed by atoms with Crippen molar-refractivity contribution in [1.82, 2.24) is 14.3 Å². The van der Waals surface area contributed by atoms with Crippen molar-refractivity contribution in [2.24, 2.45) is 7.05 Å². The number of halogens is 7. The van der Waals surface area contributed by atoms with E-state index in [0.717, 1.165) is 38.4 Å². The number of benzene rings is 2. The fraction of sp³-hybridized carbons (Fsp3) is 0.192. The monoisotopic (exact) mass is 648 g/mol.